The van der Waals surface area contributed by atoms with E-state index in [9.17, 15) is 9.36 Å². The lowest BCUT2D eigenvalue weighted by Gasteiger charge is -2.31. The van der Waals surface area contributed by atoms with E-state index in [2.05, 4.69) is 5.32 Å². The van der Waals surface area contributed by atoms with Crippen LogP contribution in [0.1, 0.15) is 53.5 Å². The molecule has 0 aliphatic carbocycles. The lowest BCUT2D eigenvalue weighted by Crippen LogP contribution is -2.47. The van der Waals surface area contributed by atoms with Gasteiger partial charge in [0.05, 0.1) is 18.2 Å². The Morgan fingerprint density at radius 3 is 2.00 bits per heavy atom. The third-order valence-electron chi connectivity index (χ3n) is 3.74. The average Bonchev–Trinajstić information content (AvgIpc) is 2.52. The predicted octanol–water partition coefficient (Wildman–Crippen LogP) is 4.09. The van der Waals surface area contributed by atoms with Crippen LogP contribution in [0.5, 0.6) is 0 Å². The summed E-state index contributed by atoms with van der Waals surface area (Å²) in [6, 6.07) is 8.87. The Bertz CT molecular complexity index is 606. The predicted molar refractivity (Wildman–Crippen MR) is 110 cm³/mol. The number of benzene rings is 1. The van der Waals surface area contributed by atoms with Gasteiger partial charge in [0.25, 0.3) is 0 Å². The van der Waals surface area contributed by atoms with Crippen LogP contribution in [0, 0.1) is 5.92 Å². The maximum atomic E-state index is 13.6. The van der Waals surface area contributed by atoms with Crippen molar-refractivity contribution in [2.24, 2.45) is 11.7 Å². The minimum Gasteiger partial charge on any atom is -0.340 e. The SMILES string of the molecule is CC(C)C[C@H](N)C(=O)N[C@H](Cc1ccccc1)P(=O)(OC(C)C)OC(C)C. The molecule has 0 saturated carbocycles. The average molecular weight is 398 g/mol. The van der Waals surface area contributed by atoms with Crippen LogP contribution < -0.4 is 11.1 Å². The summed E-state index contributed by atoms with van der Waals surface area (Å²) in [5, 5.41) is 2.84. The molecule has 1 aromatic rings. The number of rotatable bonds is 11. The number of amides is 1. The van der Waals surface area contributed by atoms with Crippen molar-refractivity contribution in [1.29, 1.82) is 0 Å². The van der Waals surface area contributed by atoms with Crippen molar-refractivity contribution < 1.29 is 18.4 Å². The van der Waals surface area contributed by atoms with Gasteiger partial charge in [-0.15, -0.1) is 0 Å². The fourth-order valence-electron chi connectivity index (χ4n) is 2.72. The molecule has 0 unspecified atom stereocenters. The smallest absolute Gasteiger partial charge is 0.340 e. The zero-order valence-electron chi connectivity index (χ0n) is 17.3. The Labute approximate surface area is 163 Å². The first-order chi connectivity index (χ1) is 12.5. The van der Waals surface area contributed by atoms with E-state index in [-0.39, 0.29) is 24.0 Å². The Kier molecular flexibility index (Phi) is 9.68. The molecule has 2 atom stereocenters. The van der Waals surface area contributed by atoms with E-state index >= 15 is 0 Å². The molecular weight excluding hydrogens is 363 g/mol. The third-order valence-corrected chi connectivity index (χ3v) is 6.25. The van der Waals surface area contributed by atoms with E-state index < -0.39 is 19.4 Å². The molecule has 3 N–H and O–H groups in total. The second kappa shape index (κ2) is 11.0. The van der Waals surface area contributed by atoms with Crippen molar-refractivity contribution in [3.63, 3.8) is 0 Å². The van der Waals surface area contributed by atoms with Gasteiger partial charge in [-0.1, -0.05) is 44.2 Å². The Hall–Kier alpha value is -1.20. The second-order valence-corrected chi connectivity index (χ2v) is 9.92. The molecule has 0 aliphatic rings. The van der Waals surface area contributed by atoms with Gasteiger partial charge in [0.2, 0.25) is 5.91 Å². The first-order valence-electron chi connectivity index (χ1n) is 9.60. The largest absolute Gasteiger partial charge is 0.353 e. The third kappa shape index (κ3) is 8.56. The van der Waals surface area contributed by atoms with Gasteiger partial charge < -0.3 is 20.1 Å². The maximum absolute atomic E-state index is 13.6. The summed E-state index contributed by atoms with van der Waals surface area (Å²) in [5.41, 5.74) is 6.95. The highest BCUT2D eigenvalue weighted by molar-refractivity contribution is 7.54. The van der Waals surface area contributed by atoms with Crippen molar-refractivity contribution in [1.82, 2.24) is 5.32 Å². The summed E-state index contributed by atoms with van der Waals surface area (Å²) in [6.07, 6.45) is 0.255. The summed E-state index contributed by atoms with van der Waals surface area (Å²) in [6.45, 7) is 11.2. The molecule has 1 aromatic carbocycles. The van der Waals surface area contributed by atoms with E-state index in [1.165, 1.54) is 0 Å². The van der Waals surface area contributed by atoms with Gasteiger partial charge in [-0.3, -0.25) is 9.36 Å². The highest BCUT2D eigenvalue weighted by Crippen LogP contribution is 2.55. The minimum atomic E-state index is -3.62. The van der Waals surface area contributed by atoms with Crippen LogP contribution in [-0.2, 0) is 24.8 Å². The molecule has 0 saturated heterocycles. The summed E-state index contributed by atoms with van der Waals surface area (Å²) in [7, 11) is -3.62. The van der Waals surface area contributed by atoms with Crippen LogP contribution in [0.4, 0.5) is 0 Å². The number of nitrogens with two attached hydrogens (primary N) is 1. The number of hydrogen-bond acceptors (Lipinski definition) is 5. The molecule has 6 nitrogen and oxygen atoms in total. The summed E-state index contributed by atoms with van der Waals surface area (Å²) in [4.78, 5) is 12.6. The van der Waals surface area contributed by atoms with Gasteiger partial charge in [-0.05, 0) is 45.6 Å². The quantitative estimate of drug-likeness (QED) is 0.548. The fourth-order valence-corrected chi connectivity index (χ4v) is 4.96. The molecule has 0 aromatic heterocycles. The Morgan fingerprint density at radius 1 is 1.04 bits per heavy atom. The fraction of sp³-hybridized carbons (Fsp3) is 0.650. The van der Waals surface area contributed by atoms with E-state index in [1.54, 1.807) is 27.7 Å². The van der Waals surface area contributed by atoms with Gasteiger partial charge in [-0.2, -0.15) is 0 Å². The molecule has 0 radical (unpaired) electrons. The molecule has 27 heavy (non-hydrogen) atoms. The maximum Gasteiger partial charge on any atom is 0.353 e. The van der Waals surface area contributed by atoms with Gasteiger partial charge in [0.1, 0.15) is 5.78 Å². The van der Waals surface area contributed by atoms with E-state index in [1.807, 2.05) is 44.2 Å². The van der Waals surface area contributed by atoms with E-state index in [4.69, 9.17) is 14.8 Å². The lowest BCUT2D eigenvalue weighted by molar-refractivity contribution is -0.123. The summed E-state index contributed by atoms with van der Waals surface area (Å²) < 4.78 is 25.1. The minimum absolute atomic E-state index is 0.281. The topological polar surface area (TPSA) is 90.7 Å². The Balaban J connectivity index is 3.13. The van der Waals surface area contributed by atoms with Gasteiger partial charge >= 0.3 is 7.60 Å². The number of nitrogens with one attached hydrogen (secondary N) is 1. The molecule has 0 spiro atoms. The van der Waals surface area contributed by atoms with Crippen molar-refractivity contribution >= 4 is 13.5 Å². The number of hydrogen-bond donors (Lipinski definition) is 2. The van der Waals surface area contributed by atoms with Crippen LogP contribution >= 0.6 is 7.60 Å². The first kappa shape index (κ1) is 23.8. The molecular formula is C20H35N2O4P. The standard InChI is InChI=1S/C20H35N2O4P/c1-14(2)12-18(21)20(23)22-19(13-17-10-8-7-9-11-17)27(24,25-15(3)4)26-16(5)6/h7-11,14-16,18-19H,12-13,21H2,1-6H3,(H,22,23)/t18-,19-/m0/s1. The molecule has 1 rings (SSSR count). The van der Waals surface area contributed by atoms with Crippen molar-refractivity contribution in [2.75, 3.05) is 0 Å². The number of carbonyl (C=O) groups excluding carboxylic acids is 1. The van der Waals surface area contributed by atoms with Gasteiger partial charge in [0, 0.05) is 6.42 Å². The van der Waals surface area contributed by atoms with Crippen molar-refractivity contribution in [2.45, 2.75) is 78.4 Å². The second-order valence-electron chi connectivity index (χ2n) is 7.80. The van der Waals surface area contributed by atoms with Crippen LogP contribution in [0.15, 0.2) is 30.3 Å². The lowest BCUT2D eigenvalue weighted by atomic mass is 10.0. The van der Waals surface area contributed by atoms with Gasteiger partial charge in [0.15, 0.2) is 0 Å². The molecule has 7 heteroatoms. The van der Waals surface area contributed by atoms with Crippen molar-refractivity contribution in [3.8, 4) is 0 Å². The highest BCUT2D eigenvalue weighted by atomic mass is 31.2. The molecule has 0 bridgehead atoms. The van der Waals surface area contributed by atoms with Crippen LogP contribution in [0.3, 0.4) is 0 Å². The molecule has 0 aliphatic heterocycles. The van der Waals surface area contributed by atoms with E-state index in [0.29, 0.717) is 12.8 Å². The zero-order valence-corrected chi connectivity index (χ0v) is 18.2. The zero-order chi connectivity index (χ0) is 20.6. The number of carbonyl (C=O) groups is 1. The normalized spacial score (nSPS) is 14.6. The van der Waals surface area contributed by atoms with E-state index in [0.717, 1.165) is 5.56 Å². The van der Waals surface area contributed by atoms with Crippen LogP contribution in [-0.4, -0.2) is 29.9 Å². The Morgan fingerprint density at radius 2 is 1.56 bits per heavy atom. The molecule has 0 heterocycles. The molecule has 1 amide bonds. The summed E-state index contributed by atoms with van der Waals surface area (Å²) in [5.74, 6) is -0.871. The molecule has 0 fully saturated rings. The highest BCUT2D eigenvalue weighted by Gasteiger charge is 2.39. The van der Waals surface area contributed by atoms with Crippen LogP contribution in [0.2, 0.25) is 0 Å². The van der Waals surface area contributed by atoms with Gasteiger partial charge in [-0.25, -0.2) is 0 Å². The van der Waals surface area contributed by atoms with Crippen molar-refractivity contribution in [3.05, 3.63) is 35.9 Å². The summed E-state index contributed by atoms with van der Waals surface area (Å²) >= 11 is 0. The van der Waals surface area contributed by atoms with Crippen LogP contribution in [0.25, 0.3) is 0 Å². The first-order valence-corrected chi connectivity index (χ1v) is 11.2. The monoisotopic (exact) mass is 398 g/mol. The molecule has 154 valence electrons.